The van der Waals surface area contributed by atoms with Crippen molar-refractivity contribution in [2.45, 2.75) is 57.8 Å². The van der Waals surface area contributed by atoms with Gasteiger partial charge in [-0.3, -0.25) is 10.6 Å². The van der Waals surface area contributed by atoms with Gasteiger partial charge in [0.1, 0.15) is 0 Å². The second-order valence-corrected chi connectivity index (χ2v) is 6.28. The molecule has 7 heteroatoms. The van der Waals surface area contributed by atoms with Crippen LogP contribution in [0.3, 0.4) is 0 Å². The van der Waals surface area contributed by atoms with Gasteiger partial charge in [-0.25, -0.2) is 8.42 Å². The Morgan fingerprint density at radius 1 is 0.944 bits per heavy atom. The minimum Gasteiger partial charge on any atom is -0.481 e. The molecule has 0 rings (SSSR count). The van der Waals surface area contributed by atoms with Crippen LogP contribution in [0, 0.1) is 0 Å². The summed E-state index contributed by atoms with van der Waals surface area (Å²) in [5, 5.41) is 8.44. The number of nitrogens with one attached hydrogen (secondary N) is 1. The molecule has 0 atom stereocenters. The minimum absolute atomic E-state index is 0.0854. The molecule has 0 heterocycles. The van der Waals surface area contributed by atoms with Crippen molar-refractivity contribution in [3.8, 4) is 0 Å². The zero-order valence-corrected chi connectivity index (χ0v) is 11.5. The number of carboxylic acids is 1. The summed E-state index contributed by atoms with van der Waals surface area (Å²) in [4.78, 5) is 12.0. The largest absolute Gasteiger partial charge is 0.481 e. The summed E-state index contributed by atoms with van der Waals surface area (Å²) in [6, 6.07) is 0. The van der Waals surface area contributed by atoms with E-state index in [9.17, 15) is 13.2 Å². The highest BCUT2D eigenvalue weighted by molar-refractivity contribution is 7.89. The van der Waals surface area contributed by atoms with E-state index in [2.05, 4.69) is 0 Å². The molecule has 0 fully saturated rings. The molecule has 0 radical (unpaired) electrons. The van der Waals surface area contributed by atoms with Gasteiger partial charge in [0, 0.05) is 6.42 Å². The molecular formula is C11H24N2O4S. The maximum atomic E-state index is 11.0. The standard InChI is InChI=1S/C11H24N2O4S/c12-13-18(16,17)10-8-6-4-2-1-3-5-7-9-11(14)15/h13H,1-10,12H2,(H,14,15). The molecule has 0 aromatic rings. The number of rotatable bonds is 12. The molecule has 0 aliphatic carbocycles. The van der Waals surface area contributed by atoms with E-state index in [1.54, 1.807) is 4.83 Å². The summed E-state index contributed by atoms with van der Waals surface area (Å²) in [7, 11) is -3.26. The van der Waals surface area contributed by atoms with Crippen molar-refractivity contribution < 1.29 is 18.3 Å². The van der Waals surface area contributed by atoms with E-state index >= 15 is 0 Å². The third kappa shape index (κ3) is 11.8. The summed E-state index contributed by atoms with van der Waals surface area (Å²) in [6.07, 6.45) is 7.69. The highest BCUT2D eigenvalue weighted by atomic mass is 32.2. The van der Waals surface area contributed by atoms with Crippen LogP contribution in [0.5, 0.6) is 0 Å². The van der Waals surface area contributed by atoms with Crippen molar-refractivity contribution in [1.29, 1.82) is 0 Å². The van der Waals surface area contributed by atoms with Crippen LogP contribution in [0.1, 0.15) is 57.8 Å². The van der Waals surface area contributed by atoms with Gasteiger partial charge in [0.2, 0.25) is 10.0 Å². The van der Waals surface area contributed by atoms with Gasteiger partial charge in [-0.2, -0.15) is 4.83 Å². The molecule has 0 aromatic carbocycles. The van der Waals surface area contributed by atoms with Crippen molar-refractivity contribution in [2.75, 3.05) is 5.75 Å². The zero-order chi connectivity index (χ0) is 13.9. The quantitative estimate of drug-likeness (QED) is 0.284. The van der Waals surface area contributed by atoms with Crippen LogP contribution in [-0.4, -0.2) is 25.2 Å². The fraction of sp³-hybridized carbons (Fsp3) is 0.909. The number of hydrogen-bond donors (Lipinski definition) is 3. The first-order valence-corrected chi connectivity index (χ1v) is 8.05. The van der Waals surface area contributed by atoms with E-state index in [1.165, 1.54) is 0 Å². The number of aliphatic carboxylic acids is 1. The van der Waals surface area contributed by atoms with Crippen molar-refractivity contribution in [3.05, 3.63) is 0 Å². The molecule has 108 valence electrons. The second-order valence-electron chi connectivity index (χ2n) is 4.41. The van der Waals surface area contributed by atoms with Crippen LogP contribution in [0.2, 0.25) is 0 Å². The molecule has 0 saturated carbocycles. The Hall–Kier alpha value is -0.660. The van der Waals surface area contributed by atoms with Crippen LogP contribution in [0.15, 0.2) is 0 Å². The van der Waals surface area contributed by atoms with E-state index in [4.69, 9.17) is 10.9 Å². The molecule has 0 unspecified atom stereocenters. The number of unbranched alkanes of at least 4 members (excludes halogenated alkanes) is 7. The van der Waals surface area contributed by atoms with Gasteiger partial charge in [0.25, 0.3) is 0 Å². The molecule has 0 aliphatic heterocycles. The summed E-state index contributed by atoms with van der Waals surface area (Å²) >= 11 is 0. The maximum Gasteiger partial charge on any atom is 0.303 e. The topological polar surface area (TPSA) is 109 Å². The first-order valence-electron chi connectivity index (χ1n) is 6.40. The van der Waals surface area contributed by atoms with Gasteiger partial charge in [0.15, 0.2) is 0 Å². The normalized spacial score (nSPS) is 11.6. The fourth-order valence-electron chi connectivity index (χ4n) is 1.69. The monoisotopic (exact) mass is 280 g/mol. The number of nitrogens with two attached hydrogens (primary N) is 1. The molecule has 0 aliphatic rings. The van der Waals surface area contributed by atoms with Crippen LogP contribution < -0.4 is 10.7 Å². The first kappa shape index (κ1) is 17.3. The second kappa shape index (κ2) is 10.3. The minimum atomic E-state index is -3.26. The van der Waals surface area contributed by atoms with Crippen LogP contribution in [0.25, 0.3) is 0 Å². The predicted molar refractivity (Wildman–Crippen MR) is 70.3 cm³/mol. The Kier molecular flexibility index (Phi) is 9.90. The molecule has 0 amide bonds. The summed E-state index contributed by atoms with van der Waals surface area (Å²) in [5.41, 5.74) is 0. The Balaban J connectivity index is 3.19. The van der Waals surface area contributed by atoms with Crippen molar-refractivity contribution in [3.63, 3.8) is 0 Å². The smallest absolute Gasteiger partial charge is 0.303 e. The first-order chi connectivity index (χ1) is 8.48. The Morgan fingerprint density at radius 3 is 1.83 bits per heavy atom. The predicted octanol–water partition coefficient (Wildman–Crippen LogP) is 1.37. The Labute approximate surface area is 109 Å². The lowest BCUT2D eigenvalue weighted by Gasteiger charge is -2.03. The van der Waals surface area contributed by atoms with Gasteiger partial charge in [-0.05, 0) is 12.8 Å². The number of carboxylic acid groups (broad SMARTS) is 1. The zero-order valence-electron chi connectivity index (χ0n) is 10.7. The van der Waals surface area contributed by atoms with Crippen molar-refractivity contribution in [1.82, 2.24) is 4.83 Å². The Morgan fingerprint density at radius 2 is 1.39 bits per heavy atom. The molecule has 0 aromatic heterocycles. The lowest BCUT2D eigenvalue weighted by molar-refractivity contribution is -0.137. The van der Waals surface area contributed by atoms with E-state index in [0.717, 1.165) is 44.9 Å². The van der Waals surface area contributed by atoms with Gasteiger partial charge in [-0.1, -0.05) is 38.5 Å². The van der Waals surface area contributed by atoms with Crippen molar-refractivity contribution in [2.24, 2.45) is 5.84 Å². The van der Waals surface area contributed by atoms with Crippen molar-refractivity contribution >= 4 is 16.0 Å². The van der Waals surface area contributed by atoms with Crippen LogP contribution in [0.4, 0.5) is 0 Å². The SMILES string of the molecule is NNS(=O)(=O)CCCCCCCCCCC(=O)O. The third-order valence-electron chi connectivity index (χ3n) is 2.73. The number of carbonyl (C=O) groups is 1. The number of sulfonamides is 1. The van der Waals surface area contributed by atoms with Gasteiger partial charge in [-0.15, -0.1) is 0 Å². The molecule has 0 spiro atoms. The van der Waals surface area contributed by atoms with E-state index in [-0.39, 0.29) is 12.2 Å². The molecule has 0 saturated heterocycles. The molecule has 0 bridgehead atoms. The lowest BCUT2D eigenvalue weighted by atomic mass is 10.1. The number of hydrazine groups is 1. The average Bonchev–Trinajstić information content (AvgIpc) is 2.31. The van der Waals surface area contributed by atoms with Gasteiger partial charge < -0.3 is 5.11 Å². The summed E-state index contributed by atoms with van der Waals surface area (Å²) in [5.74, 6) is 4.21. The highest BCUT2D eigenvalue weighted by Gasteiger charge is 2.05. The molecule has 18 heavy (non-hydrogen) atoms. The summed E-state index contributed by atoms with van der Waals surface area (Å²) in [6.45, 7) is 0. The third-order valence-corrected chi connectivity index (χ3v) is 3.92. The molecule has 4 N–H and O–H groups in total. The van der Waals surface area contributed by atoms with Crippen LogP contribution in [-0.2, 0) is 14.8 Å². The molecular weight excluding hydrogens is 256 g/mol. The summed E-state index contributed by atoms with van der Waals surface area (Å²) < 4.78 is 22.0. The van der Waals surface area contributed by atoms with Gasteiger partial charge in [0.05, 0.1) is 5.75 Å². The number of hydrogen-bond acceptors (Lipinski definition) is 4. The van der Waals surface area contributed by atoms with Crippen LogP contribution >= 0.6 is 0 Å². The maximum absolute atomic E-state index is 11.0. The van der Waals surface area contributed by atoms with Gasteiger partial charge >= 0.3 is 5.97 Å². The lowest BCUT2D eigenvalue weighted by Crippen LogP contribution is -2.32. The van der Waals surface area contributed by atoms with E-state index in [0.29, 0.717) is 6.42 Å². The average molecular weight is 280 g/mol. The molecule has 6 nitrogen and oxygen atoms in total. The van der Waals surface area contributed by atoms with E-state index < -0.39 is 16.0 Å². The fourth-order valence-corrected chi connectivity index (χ4v) is 2.39. The highest BCUT2D eigenvalue weighted by Crippen LogP contribution is 2.10. The Bertz CT molecular complexity index is 317. The van der Waals surface area contributed by atoms with E-state index in [1.807, 2.05) is 0 Å².